The SMILES string of the molecule is CCCc1cc(-c2nc(CCOC)no2)n(C)n1. The lowest BCUT2D eigenvalue weighted by Gasteiger charge is -1.93. The Balaban J connectivity index is 2.17. The lowest BCUT2D eigenvalue weighted by molar-refractivity contribution is 0.199. The molecular weight excluding hydrogens is 232 g/mol. The highest BCUT2D eigenvalue weighted by Crippen LogP contribution is 2.18. The molecule has 0 fully saturated rings. The van der Waals surface area contributed by atoms with Gasteiger partial charge in [-0.1, -0.05) is 18.5 Å². The summed E-state index contributed by atoms with van der Waals surface area (Å²) in [6.07, 6.45) is 2.68. The van der Waals surface area contributed by atoms with Crippen molar-refractivity contribution < 1.29 is 9.26 Å². The van der Waals surface area contributed by atoms with E-state index in [4.69, 9.17) is 9.26 Å². The summed E-state index contributed by atoms with van der Waals surface area (Å²) in [5, 5.41) is 8.33. The molecule has 98 valence electrons. The largest absolute Gasteiger partial charge is 0.384 e. The molecule has 0 bridgehead atoms. The van der Waals surface area contributed by atoms with Gasteiger partial charge in [-0.2, -0.15) is 10.1 Å². The predicted molar refractivity (Wildman–Crippen MR) is 66.1 cm³/mol. The van der Waals surface area contributed by atoms with Gasteiger partial charge in [0.05, 0.1) is 12.3 Å². The Hall–Kier alpha value is -1.69. The molecular formula is C12H18N4O2. The minimum absolute atomic E-state index is 0.512. The van der Waals surface area contributed by atoms with Crippen LogP contribution in [0, 0.1) is 0 Å². The number of hydrogen-bond acceptors (Lipinski definition) is 5. The number of rotatable bonds is 6. The first kappa shape index (κ1) is 12.8. The van der Waals surface area contributed by atoms with Crippen molar-refractivity contribution in [3.63, 3.8) is 0 Å². The second-order valence-corrected chi connectivity index (χ2v) is 4.15. The van der Waals surface area contributed by atoms with Gasteiger partial charge in [0, 0.05) is 20.6 Å². The second kappa shape index (κ2) is 5.77. The van der Waals surface area contributed by atoms with E-state index in [2.05, 4.69) is 22.2 Å². The lowest BCUT2D eigenvalue weighted by Crippen LogP contribution is -1.97. The maximum absolute atomic E-state index is 5.24. The van der Waals surface area contributed by atoms with Crippen molar-refractivity contribution in [3.8, 4) is 11.6 Å². The van der Waals surface area contributed by atoms with E-state index >= 15 is 0 Å². The maximum atomic E-state index is 5.24. The van der Waals surface area contributed by atoms with Crippen LogP contribution in [-0.4, -0.2) is 33.6 Å². The fourth-order valence-corrected chi connectivity index (χ4v) is 1.76. The van der Waals surface area contributed by atoms with Gasteiger partial charge in [0.1, 0.15) is 5.69 Å². The Bertz CT molecular complexity index is 504. The normalized spacial score (nSPS) is 11.1. The van der Waals surface area contributed by atoms with Crippen molar-refractivity contribution in [1.29, 1.82) is 0 Å². The Kier molecular flexibility index (Phi) is 4.09. The van der Waals surface area contributed by atoms with E-state index in [1.165, 1.54) is 0 Å². The van der Waals surface area contributed by atoms with Crippen LogP contribution >= 0.6 is 0 Å². The highest BCUT2D eigenvalue weighted by molar-refractivity contribution is 5.47. The lowest BCUT2D eigenvalue weighted by atomic mass is 10.2. The van der Waals surface area contributed by atoms with Gasteiger partial charge in [-0.25, -0.2) is 0 Å². The molecule has 6 heteroatoms. The number of aryl methyl sites for hydroxylation is 2. The van der Waals surface area contributed by atoms with Crippen LogP contribution in [-0.2, 0) is 24.6 Å². The van der Waals surface area contributed by atoms with Crippen LogP contribution < -0.4 is 0 Å². The standard InChI is InChI=1S/C12H18N4O2/c1-4-5-9-8-10(16(2)14-9)12-13-11(15-18-12)6-7-17-3/h8H,4-7H2,1-3H3. The smallest absolute Gasteiger partial charge is 0.276 e. The Morgan fingerprint density at radius 1 is 1.39 bits per heavy atom. The van der Waals surface area contributed by atoms with Crippen molar-refractivity contribution in [1.82, 2.24) is 19.9 Å². The molecule has 2 rings (SSSR count). The van der Waals surface area contributed by atoms with Gasteiger partial charge in [-0.05, 0) is 12.5 Å². The van der Waals surface area contributed by atoms with Crippen LogP contribution in [0.25, 0.3) is 11.6 Å². The molecule has 2 aromatic rings. The molecule has 0 saturated carbocycles. The molecule has 0 amide bonds. The second-order valence-electron chi connectivity index (χ2n) is 4.15. The molecule has 0 radical (unpaired) electrons. The summed E-state index contributed by atoms with van der Waals surface area (Å²) >= 11 is 0. The van der Waals surface area contributed by atoms with Crippen LogP contribution in [0.4, 0.5) is 0 Å². The zero-order valence-electron chi connectivity index (χ0n) is 11.0. The summed E-state index contributed by atoms with van der Waals surface area (Å²) in [4.78, 5) is 4.33. The molecule has 18 heavy (non-hydrogen) atoms. The fraction of sp³-hybridized carbons (Fsp3) is 0.583. The van der Waals surface area contributed by atoms with Gasteiger partial charge >= 0.3 is 0 Å². The third-order valence-electron chi connectivity index (χ3n) is 2.65. The highest BCUT2D eigenvalue weighted by atomic mass is 16.5. The molecule has 0 N–H and O–H groups in total. The summed E-state index contributed by atoms with van der Waals surface area (Å²) in [6, 6.07) is 2.00. The maximum Gasteiger partial charge on any atom is 0.276 e. The van der Waals surface area contributed by atoms with Gasteiger partial charge in [-0.15, -0.1) is 0 Å². The Morgan fingerprint density at radius 3 is 2.94 bits per heavy atom. The van der Waals surface area contributed by atoms with Crippen LogP contribution in [0.1, 0.15) is 24.9 Å². The van der Waals surface area contributed by atoms with E-state index in [1.54, 1.807) is 11.8 Å². The highest BCUT2D eigenvalue weighted by Gasteiger charge is 2.14. The summed E-state index contributed by atoms with van der Waals surface area (Å²) in [7, 11) is 3.53. The molecule has 0 saturated heterocycles. The Morgan fingerprint density at radius 2 is 2.22 bits per heavy atom. The average Bonchev–Trinajstić information content (AvgIpc) is 2.94. The van der Waals surface area contributed by atoms with Crippen molar-refractivity contribution >= 4 is 0 Å². The first-order valence-electron chi connectivity index (χ1n) is 6.09. The minimum Gasteiger partial charge on any atom is -0.384 e. The number of hydrogen-bond donors (Lipinski definition) is 0. The first-order chi connectivity index (χ1) is 8.74. The van der Waals surface area contributed by atoms with Crippen molar-refractivity contribution in [3.05, 3.63) is 17.6 Å². The van der Waals surface area contributed by atoms with Crippen molar-refractivity contribution in [2.75, 3.05) is 13.7 Å². The van der Waals surface area contributed by atoms with Crippen LogP contribution in [0.3, 0.4) is 0 Å². The summed E-state index contributed by atoms with van der Waals surface area (Å²) < 4.78 is 12.0. The molecule has 0 aliphatic heterocycles. The topological polar surface area (TPSA) is 66.0 Å². The molecule has 6 nitrogen and oxygen atoms in total. The van der Waals surface area contributed by atoms with Crippen molar-refractivity contribution in [2.24, 2.45) is 7.05 Å². The number of nitrogens with zero attached hydrogens (tertiary/aromatic N) is 4. The molecule has 0 spiro atoms. The zero-order valence-corrected chi connectivity index (χ0v) is 11.0. The molecule has 0 aromatic carbocycles. The van der Waals surface area contributed by atoms with E-state index in [0.717, 1.165) is 24.2 Å². The van der Waals surface area contributed by atoms with Gasteiger partial charge in [-0.3, -0.25) is 4.68 Å². The van der Waals surface area contributed by atoms with Crippen LogP contribution in [0.2, 0.25) is 0 Å². The quantitative estimate of drug-likeness (QED) is 0.779. The molecule has 0 atom stereocenters. The summed E-state index contributed by atoms with van der Waals surface area (Å²) in [5.41, 5.74) is 1.90. The number of methoxy groups -OCH3 is 1. The molecule has 0 aliphatic rings. The summed E-state index contributed by atoms with van der Waals surface area (Å²) in [5.74, 6) is 1.17. The minimum atomic E-state index is 0.512. The monoisotopic (exact) mass is 250 g/mol. The fourth-order valence-electron chi connectivity index (χ4n) is 1.76. The van der Waals surface area contributed by atoms with Crippen molar-refractivity contribution in [2.45, 2.75) is 26.2 Å². The Labute approximate surface area is 106 Å². The molecule has 2 aromatic heterocycles. The molecule has 0 unspecified atom stereocenters. The summed E-state index contributed by atoms with van der Waals surface area (Å²) in [6.45, 7) is 2.72. The first-order valence-corrected chi connectivity index (χ1v) is 6.09. The van der Waals surface area contributed by atoms with E-state index in [9.17, 15) is 0 Å². The van der Waals surface area contributed by atoms with Crippen LogP contribution in [0.5, 0.6) is 0 Å². The number of aromatic nitrogens is 4. The average molecular weight is 250 g/mol. The van der Waals surface area contributed by atoms with Gasteiger partial charge < -0.3 is 9.26 Å². The van der Waals surface area contributed by atoms with Gasteiger partial charge in [0.15, 0.2) is 5.82 Å². The number of ether oxygens (including phenoxy) is 1. The van der Waals surface area contributed by atoms with E-state index in [1.807, 2.05) is 13.1 Å². The zero-order chi connectivity index (χ0) is 13.0. The van der Waals surface area contributed by atoms with E-state index < -0.39 is 0 Å². The van der Waals surface area contributed by atoms with E-state index in [0.29, 0.717) is 24.7 Å². The predicted octanol–water partition coefficient (Wildman–Crippen LogP) is 1.61. The van der Waals surface area contributed by atoms with Gasteiger partial charge in [0.2, 0.25) is 0 Å². The molecule has 0 aliphatic carbocycles. The third kappa shape index (κ3) is 2.76. The third-order valence-corrected chi connectivity index (χ3v) is 2.65. The van der Waals surface area contributed by atoms with Gasteiger partial charge in [0.25, 0.3) is 5.89 Å². The van der Waals surface area contributed by atoms with E-state index in [-0.39, 0.29) is 0 Å². The molecule has 2 heterocycles. The van der Waals surface area contributed by atoms with Crippen LogP contribution in [0.15, 0.2) is 10.6 Å².